The van der Waals surface area contributed by atoms with Crippen LogP contribution in [0.1, 0.15) is 111 Å². The molecule has 0 saturated carbocycles. The third kappa shape index (κ3) is 7.43. The maximum atomic E-state index is 7.19. The van der Waals surface area contributed by atoms with Crippen LogP contribution in [0.4, 0.5) is 34.1 Å². The highest BCUT2D eigenvalue weighted by Gasteiger charge is 2.37. The SMILES string of the molecule is Cc1c(C)c(C)c2c(c1C)Cc1c(C)c(C)c(C)c(C)c1N2c1cc(Cl)ccc1-c1nc(-c2ccc(Cl)cc2)nc(-c2ccc(Cl)cc2N2c3c(C)c(C)c(C)c(C)c3Cc3c(C)c(C)c(C)c(C)c32)n1. The summed E-state index contributed by atoms with van der Waals surface area (Å²) < 4.78 is 0. The molecule has 10 rings (SSSR count). The number of anilines is 6. The average molecular weight is 996 g/mol. The van der Waals surface area contributed by atoms with Crippen LogP contribution in [0.3, 0.4) is 0 Å². The van der Waals surface area contributed by atoms with Crippen LogP contribution in [-0.4, -0.2) is 15.0 Å². The molecule has 0 amide bonds. The summed E-state index contributed by atoms with van der Waals surface area (Å²) in [7, 11) is 0. The lowest BCUT2D eigenvalue weighted by Gasteiger charge is -2.40. The maximum absolute atomic E-state index is 7.19. The molecule has 2 aliphatic rings. The fourth-order valence-corrected chi connectivity index (χ4v) is 12.2. The first kappa shape index (κ1) is 48.6. The monoisotopic (exact) mass is 993 g/mol. The van der Waals surface area contributed by atoms with Crippen molar-refractivity contribution in [3.05, 3.63) is 187 Å². The number of rotatable bonds is 5. The number of benzene rings is 7. The molecule has 0 N–H and O–H groups in total. The Labute approximate surface area is 435 Å². The quantitative estimate of drug-likeness (QED) is 0.172. The van der Waals surface area contributed by atoms with Crippen LogP contribution in [0.25, 0.3) is 34.2 Å². The Hall–Kier alpha value is -5.98. The molecular formula is C63H62Cl3N5. The van der Waals surface area contributed by atoms with Gasteiger partial charge in [0, 0.05) is 44.6 Å². The minimum absolute atomic E-state index is 0.522. The fraction of sp³-hybridized carbons (Fsp3) is 0.286. The zero-order valence-electron chi connectivity index (χ0n) is 44.1. The van der Waals surface area contributed by atoms with Gasteiger partial charge in [-0.15, -0.1) is 0 Å². The Balaban J connectivity index is 1.31. The Morgan fingerprint density at radius 1 is 0.310 bits per heavy atom. The first-order valence-corrected chi connectivity index (χ1v) is 25.8. The van der Waals surface area contributed by atoms with Gasteiger partial charge in [0.2, 0.25) is 0 Å². The zero-order chi connectivity index (χ0) is 51.0. The summed E-state index contributed by atoms with van der Waals surface area (Å²) in [5.41, 5.74) is 35.0. The normalized spacial score (nSPS) is 12.8. The third-order valence-electron chi connectivity index (χ3n) is 17.3. The highest BCUT2D eigenvalue weighted by molar-refractivity contribution is 6.31. The van der Waals surface area contributed by atoms with E-state index >= 15 is 0 Å². The molecule has 0 aliphatic carbocycles. The highest BCUT2D eigenvalue weighted by Crippen LogP contribution is 2.56. The second-order valence-corrected chi connectivity index (χ2v) is 21.8. The van der Waals surface area contributed by atoms with E-state index in [2.05, 4.69) is 145 Å². The van der Waals surface area contributed by atoms with Gasteiger partial charge in [-0.1, -0.05) is 34.8 Å². The Morgan fingerprint density at radius 3 is 0.887 bits per heavy atom. The lowest BCUT2D eigenvalue weighted by molar-refractivity contribution is 0.992. The van der Waals surface area contributed by atoms with Crippen molar-refractivity contribution < 1.29 is 0 Å². The van der Waals surface area contributed by atoms with E-state index in [1.165, 1.54) is 134 Å². The average Bonchev–Trinajstić information content (AvgIpc) is 3.36. The van der Waals surface area contributed by atoms with Crippen molar-refractivity contribution in [1.29, 1.82) is 0 Å². The van der Waals surface area contributed by atoms with Gasteiger partial charge < -0.3 is 9.80 Å². The fourth-order valence-electron chi connectivity index (χ4n) is 11.7. The number of halogens is 3. The summed E-state index contributed by atoms with van der Waals surface area (Å²) in [6.07, 6.45) is 1.68. The van der Waals surface area contributed by atoms with Gasteiger partial charge in [0.05, 0.1) is 34.1 Å². The molecule has 360 valence electrons. The first-order valence-electron chi connectivity index (χ1n) is 24.7. The zero-order valence-corrected chi connectivity index (χ0v) is 46.3. The van der Waals surface area contributed by atoms with Crippen molar-refractivity contribution >= 4 is 68.9 Å². The molecule has 3 heterocycles. The molecule has 0 fully saturated rings. The van der Waals surface area contributed by atoms with E-state index in [0.29, 0.717) is 32.5 Å². The number of fused-ring (bicyclic) bond motifs is 4. The van der Waals surface area contributed by atoms with E-state index < -0.39 is 0 Å². The Bertz CT molecular complexity index is 3290. The summed E-state index contributed by atoms with van der Waals surface area (Å²) in [5, 5.41) is 1.87. The predicted molar refractivity (Wildman–Crippen MR) is 302 cm³/mol. The molecule has 0 bridgehead atoms. The molecule has 1 aromatic heterocycles. The molecule has 0 unspecified atom stereocenters. The van der Waals surface area contributed by atoms with Crippen LogP contribution >= 0.6 is 34.8 Å². The van der Waals surface area contributed by atoms with Gasteiger partial charge in [0.15, 0.2) is 17.5 Å². The van der Waals surface area contributed by atoms with Crippen molar-refractivity contribution in [3.63, 3.8) is 0 Å². The van der Waals surface area contributed by atoms with E-state index in [1.807, 2.05) is 36.4 Å². The minimum atomic E-state index is 0.522. The summed E-state index contributed by atoms with van der Waals surface area (Å²) in [6, 6.07) is 20.0. The topological polar surface area (TPSA) is 45.2 Å². The predicted octanol–water partition coefficient (Wildman–Crippen LogP) is 18.5. The molecule has 7 aromatic carbocycles. The molecule has 71 heavy (non-hydrogen) atoms. The van der Waals surface area contributed by atoms with E-state index in [9.17, 15) is 0 Å². The lowest BCUT2D eigenvalue weighted by Crippen LogP contribution is -2.25. The van der Waals surface area contributed by atoms with Gasteiger partial charge in [-0.05, 0) is 283 Å². The number of nitrogens with zero attached hydrogens (tertiary/aromatic N) is 5. The molecule has 8 heteroatoms. The molecule has 0 spiro atoms. The number of hydrogen-bond acceptors (Lipinski definition) is 5. The minimum Gasteiger partial charge on any atom is -0.309 e. The van der Waals surface area contributed by atoms with Crippen LogP contribution in [0.5, 0.6) is 0 Å². The van der Waals surface area contributed by atoms with Gasteiger partial charge >= 0.3 is 0 Å². The van der Waals surface area contributed by atoms with Gasteiger partial charge in [-0.2, -0.15) is 0 Å². The maximum Gasteiger partial charge on any atom is 0.166 e. The number of hydrogen-bond donors (Lipinski definition) is 0. The molecule has 5 nitrogen and oxygen atoms in total. The van der Waals surface area contributed by atoms with Crippen molar-refractivity contribution in [2.45, 2.75) is 124 Å². The largest absolute Gasteiger partial charge is 0.309 e. The van der Waals surface area contributed by atoms with Crippen molar-refractivity contribution in [2.24, 2.45) is 0 Å². The Kier molecular flexibility index (Phi) is 12.1. The highest BCUT2D eigenvalue weighted by atomic mass is 35.5. The van der Waals surface area contributed by atoms with E-state index in [0.717, 1.165) is 40.9 Å². The van der Waals surface area contributed by atoms with Gasteiger partial charge in [0.1, 0.15) is 0 Å². The standard InChI is InChI=1S/C63H62Cl3N5/c1-29-33(5)41(13)57-51(37(29)9)27-52-38(10)30(2)34(6)42(14)58(52)70(57)55-25-47(65)21-23-49(55)62-67-61(45-17-19-46(64)20-18-45)68-63(69-62)50-24-22-48(66)26-56(50)71-59-43(15)35(7)31(3)39(11)53(59)28-54-40(12)32(4)36(8)44(16)60(54)71/h17-26H,27-28H2,1-16H3. The second-order valence-electron chi connectivity index (χ2n) is 20.5. The lowest BCUT2D eigenvalue weighted by atomic mass is 9.80. The van der Waals surface area contributed by atoms with Gasteiger partial charge in [-0.3, -0.25) is 0 Å². The van der Waals surface area contributed by atoms with Crippen LogP contribution in [0.15, 0.2) is 60.7 Å². The van der Waals surface area contributed by atoms with E-state index in [-0.39, 0.29) is 0 Å². The molecule has 0 radical (unpaired) electrons. The van der Waals surface area contributed by atoms with Gasteiger partial charge in [-0.25, -0.2) is 15.0 Å². The van der Waals surface area contributed by atoms with Crippen LogP contribution in [0.2, 0.25) is 15.1 Å². The number of aromatic nitrogens is 3. The summed E-state index contributed by atoms with van der Waals surface area (Å²) in [4.78, 5) is 21.4. The van der Waals surface area contributed by atoms with Crippen LogP contribution in [0, 0.1) is 111 Å². The molecular weight excluding hydrogens is 933 g/mol. The van der Waals surface area contributed by atoms with Gasteiger partial charge in [0.25, 0.3) is 0 Å². The van der Waals surface area contributed by atoms with Crippen molar-refractivity contribution in [2.75, 3.05) is 9.80 Å². The van der Waals surface area contributed by atoms with E-state index in [4.69, 9.17) is 49.8 Å². The van der Waals surface area contributed by atoms with Crippen LogP contribution < -0.4 is 9.80 Å². The summed E-state index contributed by atoms with van der Waals surface area (Å²) >= 11 is 20.9. The molecule has 2 aliphatic heterocycles. The van der Waals surface area contributed by atoms with Crippen molar-refractivity contribution in [3.8, 4) is 34.2 Å². The molecule has 0 atom stereocenters. The smallest absolute Gasteiger partial charge is 0.166 e. The first-order chi connectivity index (χ1) is 33.6. The van der Waals surface area contributed by atoms with Crippen molar-refractivity contribution in [1.82, 2.24) is 15.0 Å². The molecule has 8 aromatic rings. The molecule has 0 saturated heterocycles. The Morgan fingerprint density at radius 2 is 0.577 bits per heavy atom. The summed E-state index contributed by atoms with van der Waals surface area (Å²) in [5.74, 6) is 1.57. The summed E-state index contributed by atoms with van der Waals surface area (Å²) in [6.45, 7) is 36.2. The second kappa shape index (κ2) is 17.7. The third-order valence-corrected chi connectivity index (χ3v) is 18.1. The van der Waals surface area contributed by atoms with Crippen LogP contribution in [-0.2, 0) is 12.8 Å². The van der Waals surface area contributed by atoms with E-state index in [1.54, 1.807) is 0 Å².